The van der Waals surface area contributed by atoms with Crippen molar-refractivity contribution in [2.75, 3.05) is 0 Å². The fraction of sp³-hybridized carbons (Fsp3) is 0.273. The van der Waals surface area contributed by atoms with Gasteiger partial charge in [0, 0.05) is 12.1 Å². The predicted octanol–water partition coefficient (Wildman–Crippen LogP) is 4.26. The molecular formula is C22H23N3O2. The number of imidazole rings is 1. The first-order valence-electron chi connectivity index (χ1n) is 9.23. The smallest absolute Gasteiger partial charge is 0.354 e. The Kier molecular flexibility index (Phi) is 4.54. The zero-order valence-corrected chi connectivity index (χ0v) is 15.5. The zero-order valence-electron chi connectivity index (χ0n) is 15.5. The number of hydrogen-bond acceptors (Lipinski definition) is 3. The van der Waals surface area contributed by atoms with E-state index in [0.717, 1.165) is 6.42 Å². The molecule has 3 aromatic rings. The first-order valence-corrected chi connectivity index (χ1v) is 9.23. The number of hydrogen-bond donors (Lipinski definition) is 2. The summed E-state index contributed by atoms with van der Waals surface area (Å²) in [5.41, 5.74) is 2.10. The van der Waals surface area contributed by atoms with Gasteiger partial charge in [-0.2, -0.15) is 0 Å². The number of carbonyl (C=O) groups is 1. The van der Waals surface area contributed by atoms with Crippen molar-refractivity contribution >= 4 is 16.7 Å². The standard InChI is InChI=1S/C22H23N3O2/c1-14(19-9-5-7-16-6-3-4-8-20(16)19)24-17-10-11-18(12-17)25-13-23-15(2)21(25)22(26)27/h3-11,13-14,17-18,24H,12H2,1-2H3,(H,26,27). The summed E-state index contributed by atoms with van der Waals surface area (Å²) in [4.78, 5) is 15.7. The number of allylic oxidation sites excluding steroid dienone is 1. The Hall–Kier alpha value is -2.92. The highest BCUT2D eigenvalue weighted by Crippen LogP contribution is 2.29. The monoisotopic (exact) mass is 361 g/mol. The molecule has 0 spiro atoms. The van der Waals surface area contributed by atoms with Crippen molar-refractivity contribution in [2.45, 2.75) is 38.4 Å². The lowest BCUT2D eigenvalue weighted by Crippen LogP contribution is -2.29. The Morgan fingerprint density at radius 3 is 2.81 bits per heavy atom. The van der Waals surface area contributed by atoms with E-state index >= 15 is 0 Å². The molecular weight excluding hydrogens is 338 g/mol. The Morgan fingerprint density at radius 2 is 2.00 bits per heavy atom. The molecule has 0 radical (unpaired) electrons. The van der Waals surface area contributed by atoms with Crippen LogP contribution in [-0.2, 0) is 0 Å². The first-order chi connectivity index (χ1) is 13.0. The van der Waals surface area contributed by atoms with Crippen LogP contribution >= 0.6 is 0 Å². The molecule has 1 heterocycles. The molecule has 0 saturated heterocycles. The van der Waals surface area contributed by atoms with E-state index < -0.39 is 5.97 Å². The molecule has 4 rings (SSSR count). The second-order valence-electron chi connectivity index (χ2n) is 7.14. The first kappa shape index (κ1) is 17.5. The molecule has 1 aliphatic rings. The number of benzene rings is 2. The van der Waals surface area contributed by atoms with Crippen molar-refractivity contribution in [1.29, 1.82) is 0 Å². The molecule has 27 heavy (non-hydrogen) atoms. The topological polar surface area (TPSA) is 67.2 Å². The van der Waals surface area contributed by atoms with E-state index in [1.54, 1.807) is 17.8 Å². The number of nitrogens with one attached hydrogen (secondary N) is 1. The maximum absolute atomic E-state index is 11.5. The molecule has 0 fully saturated rings. The van der Waals surface area contributed by atoms with Gasteiger partial charge in [-0.05, 0) is 36.6 Å². The zero-order chi connectivity index (χ0) is 19.0. The van der Waals surface area contributed by atoms with Crippen molar-refractivity contribution in [3.05, 3.63) is 77.9 Å². The van der Waals surface area contributed by atoms with Gasteiger partial charge in [-0.3, -0.25) is 0 Å². The van der Waals surface area contributed by atoms with E-state index in [2.05, 4.69) is 71.8 Å². The van der Waals surface area contributed by atoms with Gasteiger partial charge in [0.2, 0.25) is 0 Å². The largest absolute Gasteiger partial charge is 0.477 e. The second kappa shape index (κ2) is 7.00. The van der Waals surface area contributed by atoms with Crippen molar-refractivity contribution < 1.29 is 9.90 Å². The van der Waals surface area contributed by atoms with Crippen LogP contribution in [0.2, 0.25) is 0 Å². The van der Waals surface area contributed by atoms with Gasteiger partial charge in [0.15, 0.2) is 5.69 Å². The van der Waals surface area contributed by atoms with Gasteiger partial charge in [-0.25, -0.2) is 9.78 Å². The molecule has 3 atom stereocenters. The summed E-state index contributed by atoms with van der Waals surface area (Å²) in [6, 6.07) is 15.2. The maximum atomic E-state index is 11.5. The Morgan fingerprint density at radius 1 is 1.22 bits per heavy atom. The molecule has 138 valence electrons. The number of nitrogens with zero attached hydrogens (tertiary/aromatic N) is 2. The van der Waals surface area contributed by atoms with Gasteiger partial charge in [0.1, 0.15) is 0 Å². The summed E-state index contributed by atoms with van der Waals surface area (Å²) in [7, 11) is 0. The number of carboxylic acid groups (broad SMARTS) is 1. The normalized spacial score (nSPS) is 20.2. The maximum Gasteiger partial charge on any atom is 0.354 e. The summed E-state index contributed by atoms with van der Waals surface area (Å²) < 4.78 is 1.76. The number of aromatic nitrogens is 2. The average Bonchev–Trinajstić information content (AvgIpc) is 3.27. The van der Waals surface area contributed by atoms with Crippen LogP contribution in [0.5, 0.6) is 0 Å². The molecule has 2 aromatic carbocycles. The minimum absolute atomic E-state index is 0.00881. The molecule has 2 N–H and O–H groups in total. The van der Waals surface area contributed by atoms with Crippen molar-refractivity contribution in [1.82, 2.24) is 14.9 Å². The number of aryl methyl sites for hydroxylation is 1. The highest BCUT2D eigenvalue weighted by molar-refractivity contribution is 5.87. The van der Waals surface area contributed by atoms with Crippen LogP contribution < -0.4 is 5.32 Å². The van der Waals surface area contributed by atoms with Gasteiger partial charge >= 0.3 is 5.97 Å². The minimum Gasteiger partial charge on any atom is -0.477 e. The molecule has 5 nitrogen and oxygen atoms in total. The fourth-order valence-electron chi connectivity index (χ4n) is 4.02. The van der Waals surface area contributed by atoms with E-state index in [1.165, 1.54) is 16.3 Å². The highest BCUT2D eigenvalue weighted by Gasteiger charge is 2.26. The molecule has 1 aliphatic carbocycles. The highest BCUT2D eigenvalue weighted by atomic mass is 16.4. The van der Waals surface area contributed by atoms with Gasteiger partial charge < -0.3 is 15.0 Å². The van der Waals surface area contributed by atoms with Crippen LogP contribution in [0.15, 0.2) is 60.9 Å². The summed E-state index contributed by atoms with van der Waals surface area (Å²) >= 11 is 0. The quantitative estimate of drug-likeness (QED) is 0.666. The van der Waals surface area contributed by atoms with E-state index in [9.17, 15) is 9.90 Å². The summed E-state index contributed by atoms with van der Waals surface area (Å²) in [6.07, 6.45) is 6.64. The Balaban J connectivity index is 1.51. The SMILES string of the molecule is Cc1ncn(C2C=CC(NC(C)c3cccc4ccccc34)C2)c1C(=O)O. The van der Waals surface area contributed by atoms with Crippen molar-refractivity contribution in [3.63, 3.8) is 0 Å². The van der Waals surface area contributed by atoms with Gasteiger partial charge in [-0.15, -0.1) is 0 Å². The summed E-state index contributed by atoms with van der Waals surface area (Å²) in [5, 5.41) is 15.6. The van der Waals surface area contributed by atoms with Crippen LogP contribution in [-0.4, -0.2) is 26.7 Å². The van der Waals surface area contributed by atoms with Crippen LogP contribution in [0.25, 0.3) is 10.8 Å². The van der Waals surface area contributed by atoms with Gasteiger partial charge in [-0.1, -0.05) is 54.6 Å². The van der Waals surface area contributed by atoms with Crippen molar-refractivity contribution in [2.24, 2.45) is 0 Å². The van der Waals surface area contributed by atoms with E-state index in [4.69, 9.17) is 0 Å². The summed E-state index contributed by atoms with van der Waals surface area (Å²) in [5.74, 6) is -0.932. The molecule has 0 saturated carbocycles. The number of fused-ring (bicyclic) bond motifs is 1. The third kappa shape index (κ3) is 3.26. The molecule has 0 amide bonds. The van der Waals surface area contributed by atoms with Gasteiger partial charge in [0.05, 0.1) is 18.1 Å². The lowest BCUT2D eigenvalue weighted by Gasteiger charge is -2.22. The molecule has 1 aromatic heterocycles. The molecule has 3 unspecified atom stereocenters. The van der Waals surface area contributed by atoms with Crippen LogP contribution in [0, 0.1) is 6.92 Å². The number of rotatable bonds is 5. The average molecular weight is 361 g/mol. The van der Waals surface area contributed by atoms with Crippen LogP contribution in [0.4, 0.5) is 0 Å². The number of carboxylic acids is 1. The van der Waals surface area contributed by atoms with E-state index in [1.807, 2.05) is 0 Å². The predicted molar refractivity (Wildman–Crippen MR) is 106 cm³/mol. The lowest BCUT2D eigenvalue weighted by atomic mass is 9.99. The molecule has 0 bridgehead atoms. The minimum atomic E-state index is -0.932. The molecule has 5 heteroatoms. The summed E-state index contributed by atoms with van der Waals surface area (Å²) in [6.45, 7) is 3.91. The van der Waals surface area contributed by atoms with Crippen LogP contribution in [0.3, 0.4) is 0 Å². The Labute approximate surface area is 158 Å². The second-order valence-corrected chi connectivity index (χ2v) is 7.14. The Bertz CT molecular complexity index is 1020. The fourth-order valence-corrected chi connectivity index (χ4v) is 4.02. The molecule has 0 aliphatic heterocycles. The third-order valence-electron chi connectivity index (χ3n) is 5.35. The van der Waals surface area contributed by atoms with E-state index in [-0.39, 0.29) is 23.8 Å². The van der Waals surface area contributed by atoms with Crippen LogP contribution in [0.1, 0.15) is 47.2 Å². The third-order valence-corrected chi connectivity index (χ3v) is 5.35. The van der Waals surface area contributed by atoms with E-state index in [0.29, 0.717) is 5.69 Å². The van der Waals surface area contributed by atoms with Crippen molar-refractivity contribution in [3.8, 4) is 0 Å². The van der Waals surface area contributed by atoms with Gasteiger partial charge in [0.25, 0.3) is 0 Å². The lowest BCUT2D eigenvalue weighted by molar-refractivity contribution is 0.0682. The number of aromatic carboxylic acids is 1.